The summed E-state index contributed by atoms with van der Waals surface area (Å²) in [6.45, 7) is 1.86. The molecule has 22 heavy (non-hydrogen) atoms. The second-order valence-corrected chi connectivity index (χ2v) is 5.91. The monoisotopic (exact) mass is 297 g/mol. The van der Waals surface area contributed by atoms with Gasteiger partial charge in [-0.3, -0.25) is 4.79 Å². The Hall–Kier alpha value is -2.49. The number of aryl methyl sites for hydroxylation is 1. The lowest BCUT2D eigenvalue weighted by atomic mass is 9.85. The molecule has 0 fully saturated rings. The van der Waals surface area contributed by atoms with Crippen LogP contribution in [0.25, 0.3) is 0 Å². The second kappa shape index (κ2) is 5.37. The topological polar surface area (TPSA) is 49.8 Å². The Labute approximate surface area is 130 Å². The number of esters is 1. The number of ether oxygens (including phenoxy) is 1. The van der Waals surface area contributed by atoms with Gasteiger partial charge in [0.25, 0.3) is 0 Å². The number of rotatable bonds is 2. The summed E-state index contributed by atoms with van der Waals surface area (Å²) in [4.78, 5) is 13.9. The summed E-state index contributed by atoms with van der Waals surface area (Å²) < 4.78 is 5.30. The third-order valence-electron chi connectivity index (χ3n) is 4.02. The van der Waals surface area contributed by atoms with Gasteiger partial charge in [-0.05, 0) is 42.3 Å². The van der Waals surface area contributed by atoms with Crippen LogP contribution in [0.5, 0.6) is 11.5 Å². The number of phenols is 1. The normalized spacial score (nSPS) is 16.9. The third kappa shape index (κ3) is 2.52. The number of carbonyl (C=O) groups excluding carboxylic acids is 1. The van der Waals surface area contributed by atoms with Gasteiger partial charge >= 0.3 is 5.97 Å². The molecule has 1 heterocycles. The van der Waals surface area contributed by atoms with Gasteiger partial charge < -0.3 is 14.7 Å². The minimum absolute atomic E-state index is 0.173. The van der Waals surface area contributed by atoms with Crippen molar-refractivity contribution in [2.24, 2.45) is 0 Å². The van der Waals surface area contributed by atoms with E-state index in [1.165, 1.54) is 0 Å². The van der Waals surface area contributed by atoms with E-state index >= 15 is 0 Å². The molecule has 0 amide bonds. The van der Waals surface area contributed by atoms with Crippen molar-refractivity contribution in [2.75, 3.05) is 19.0 Å². The quantitative estimate of drug-likeness (QED) is 0.683. The van der Waals surface area contributed by atoms with Gasteiger partial charge in [-0.1, -0.05) is 12.1 Å². The number of nitrogens with zero attached hydrogens (tertiary/aromatic N) is 1. The van der Waals surface area contributed by atoms with Crippen molar-refractivity contribution in [2.45, 2.75) is 19.3 Å². The largest absolute Gasteiger partial charge is 0.507 e. The van der Waals surface area contributed by atoms with Crippen molar-refractivity contribution in [1.29, 1.82) is 0 Å². The lowest BCUT2D eigenvalue weighted by Crippen LogP contribution is -2.21. The molecule has 2 aromatic rings. The first-order valence-corrected chi connectivity index (χ1v) is 7.27. The van der Waals surface area contributed by atoms with Crippen LogP contribution in [0.1, 0.15) is 29.0 Å². The Bertz CT molecular complexity index is 720. The van der Waals surface area contributed by atoms with Crippen LogP contribution in [0.15, 0.2) is 36.4 Å². The first-order chi connectivity index (χ1) is 10.5. The number of carbonyl (C=O) groups is 1. The van der Waals surface area contributed by atoms with Crippen LogP contribution < -0.4 is 9.64 Å². The van der Waals surface area contributed by atoms with Crippen molar-refractivity contribution in [3.63, 3.8) is 0 Å². The van der Waals surface area contributed by atoms with Crippen molar-refractivity contribution < 1.29 is 14.6 Å². The maximum absolute atomic E-state index is 11.9. The zero-order valence-electron chi connectivity index (χ0n) is 13.0. The first kappa shape index (κ1) is 14.4. The van der Waals surface area contributed by atoms with E-state index in [-0.39, 0.29) is 24.1 Å². The predicted octanol–water partition coefficient (Wildman–Crippen LogP) is 3.21. The molecule has 4 heteroatoms. The van der Waals surface area contributed by atoms with E-state index in [1.807, 2.05) is 50.2 Å². The second-order valence-electron chi connectivity index (χ2n) is 5.91. The molecule has 0 spiro atoms. The van der Waals surface area contributed by atoms with E-state index in [4.69, 9.17) is 4.74 Å². The zero-order chi connectivity index (χ0) is 15.9. The van der Waals surface area contributed by atoms with E-state index in [2.05, 4.69) is 0 Å². The van der Waals surface area contributed by atoms with Crippen molar-refractivity contribution in [1.82, 2.24) is 0 Å². The molecule has 0 aromatic heterocycles. The van der Waals surface area contributed by atoms with Gasteiger partial charge in [-0.15, -0.1) is 0 Å². The Morgan fingerprint density at radius 1 is 1.18 bits per heavy atom. The summed E-state index contributed by atoms with van der Waals surface area (Å²) in [7, 11) is 3.97. The highest BCUT2D eigenvalue weighted by Crippen LogP contribution is 2.44. The summed E-state index contributed by atoms with van der Waals surface area (Å²) in [5, 5.41) is 10.3. The summed E-state index contributed by atoms with van der Waals surface area (Å²) in [6, 6.07) is 11.5. The SMILES string of the molecule is Cc1cc(O)c2c(c1)OC(=O)CC2c1ccc(N(C)C)cc1. The van der Waals surface area contributed by atoms with E-state index in [0.29, 0.717) is 11.3 Å². The zero-order valence-corrected chi connectivity index (χ0v) is 13.0. The summed E-state index contributed by atoms with van der Waals surface area (Å²) in [6.07, 6.45) is 0.241. The van der Waals surface area contributed by atoms with Crippen LogP contribution in [0.4, 0.5) is 5.69 Å². The third-order valence-corrected chi connectivity index (χ3v) is 4.02. The first-order valence-electron chi connectivity index (χ1n) is 7.27. The van der Waals surface area contributed by atoms with Crippen LogP contribution in [-0.4, -0.2) is 25.2 Å². The van der Waals surface area contributed by atoms with Crippen LogP contribution in [0, 0.1) is 6.92 Å². The number of phenolic OH excluding ortho intramolecular Hbond substituents is 1. The molecule has 3 rings (SSSR count). The Balaban J connectivity index is 2.07. The molecule has 0 aliphatic carbocycles. The highest BCUT2D eigenvalue weighted by atomic mass is 16.5. The van der Waals surface area contributed by atoms with Gasteiger partial charge in [0.1, 0.15) is 11.5 Å². The number of hydrogen-bond donors (Lipinski definition) is 1. The molecule has 1 aliphatic rings. The van der Waals surface area contributed by atoms with Crippen LogP contribution in [0.3, 0.4) is 0 Å². The van der Waals surface area contributed by atoms with E-state index in [1.54, 1.807) is 12.1 Å². The predicted molar refractivity (Wildman–Crippen MR) is 85.7 cm³/mol. The van der Waals surface area contributed by atoms with Gasteiger partial charge in [-0.2, -0.15) is 0 Å². The average Bonchev–Trinajstić information content (AvgIpc) is 2.45. The minimum Gasteiger partial charge on any atom is -0.507 e. The Morgan fingerprint density at radius 2 is 1.86 bits per heavy atom. The molecule has 1 aliphatic heterocycles. The summed E-state index contributed by atoms with van der Waals surface area (Å²) >= 11 is 0. The average molecular weight is 297 g/mol. The highest BCUT2D eigenvalue weighted by molar-refractivity contribution is 5.79. The fourth-order valence-corrected chi connectivity index (χ4v) is 2.90. The smallest absolute Gasteiger partial charge is 0.312 e. The summed E-state index contributed by atoms with van der Waals surface area (Å²) in [5.41, 5.74) is 3.66. The lowest BCUT2D eigenvalue weighted by molar-refractivity contribution is -0.135. The fraction of sp³-hybridized carbons (Fsp3) is 0.278. The molecule has 0 saturated carbocycles. The molecule has 0 radical (unpaired) electrons. The number of fused-ring (bicyclic) bond motifs is 1. The molecule has 0 saturated heterocycles. The lowest BCUT2D eigenvalue weighted by Gasteiger charge is -2.26. The van der Waals surface area contributed by atoms with Crippen LogP contribution in [0.2, 0.25) is 0 Å². The number of aromatic hydroxyl groups is 1. The van der Waals surface area contributed by atoms with Gasteiger partial charge in [0.2, 0.25) is 0 Å². The van der Waals surface area contributed by atoms with Crippen molar-refractivity contribution >= 4 is 11.7 Å². The standard InChI is InChI=1S/C18H19NO3/c1-11-8-15(20)18-14(10-17(21)22-16(18)9-11)12-4-6-13(7-5-12)19(2)3/h4-9,14,20H,10H2,1-3H3. The van der Waals surface area contributed by atoms with Gasteiger partial charge in [0.05, 0.1) is 6.42 Å². The molecule has 4 nitrogen and oxygen atoms in total. The molecule has 0 bridgehead atoms. The highest BCUT2D eigenvalue weighted by Gasteiger charge is 2.31. The number of hydrogen-bond acceptors (Lipinski definition) is 4. The minimum atomic E-state index is -0.265. The molecule has 1 atom stereocenters. The van der Waals surface area contributed by atoms with Gasteiger partial charge in [-0.25, -0.2) is 0 Å². The molecular formula is C18H19NO3. The molecule has 1 N–H and O–H groups in total. The van der Waals surface area contributed by atoms with E-state index in [9.17, 15) is 9.90 Å². The van der Waals surface area contributed by atoms with E-state index in [0.717, 1.165) is 16.8 Å². The maximum Gasteiger partial charge on any atom is 0.312 e. The molecule has 1 unspecified atom stereocenters. The van der Waals surface area contributed by atoms with E-state index < -0.39 is 0 Å². The molecule has 2 aromatic carbocycles. The summed E-state index contributed by atoms with van der Waals surface area (Å²) in [5.74, 6) is 0.215. The number of anilines is 1. The van der Waals surface area contributed by atoms with Crippen LogP contribution in [-0.2, 0) is 4.79 Å². The fourth-order valence-electron chi connectivity index (χ4n) is 2.90. The van der Waals surface area contributed by atoms with Crippen molar-refractivity contribution in [3.8, 4) is 11.5 Å². The molecule has 114 valence electrons. The Morgan fingerprint density at radius 3 is 2.50 bits per heavy atom. The Kier molecular flexibility index (Phi) is 3.53. The van der Waals surface area contributed by atoms with Gasteiger partial charge in [0.15, 0.2) is 0 Å². The van der Waals surface area contributed by atoms with Crippen molar-refractivity contribution in [3.05, 3.63) is 53.1 Å². The van der Waals surface area contributed by atoms with Gasteiger partial charge in [0, 0.05) is 31.3 Å². The molecular weight excluding hydrogens is 278 g/mol. The maximum atomic E-state index is 11.9. The van der Waals surface area contributed by atoms with Crippen LogP contribution >= 0.6 is 0 Å². The number of benzene rings is 2.